The van der Waals surface area contributed by atoms with Gasteiger partial charge in [-0.25, -0.2) is 0 Å². The first kappa shape index (κ1) is 64.2. The minimum absolute atomic E-state index is 0.0516. The summed E-state index contributed by atoms with van der Waals surface area (Å²) in [4.78, 5) is 37.7. The van der Waals surface area contributed by atoms with E-state index < -0.39 is 32.5 Å². The molecule has 0 aromatic heterocycles. The Morgan fingerprint density at radius 1 is 0.456 bits per heavy atom. The minimum Gasteiger partial charge on any atom is -0.756 e. The molecule has 0 aliphatic carbocycles. The zero-order valence-electron chi connectivity index (χ0n) is 43.2. The molecule has 2 unspecified atom stereocenters. The number of carbonyl (C=O) groups is 2. The molecule has 68 heavy (non-hydrogen) atoms. The van der Waals surface area contributed by atoms with Crippen molar-refractivity contribution in [1.82, 2.24) is 0 Å². The van der Waals surface area contributed by atoms with Gasteiger partial charge in [-0.3, -0.25) is 14.2 Å². The third-order valence-electron chi connectivity index (χ3n) is 10.2. The van der Waals surface area contributed by atoms with Crippen LogP contribution in [0.1, 0.15) is 168 Å². The third kappa shape index (κ3) is 51.5. The molecule has 0 spiro atoms. The van der Waals surface area contributed by atoms with Crippen LogP contribution in [0, 0.1) is 0 Å². The molecular formula is C58H94NO8P. The number of esters is 2. The third-order valence-corrected chi connectivity index (χ3v) is 11.1. The van der Waals surface area contributed by atoms with Crippen LogP contribution >= 0.6 is 7.82 Å². The Kier molecular flexibility index (Phi) is 45.5. The number of quaternary nitrogens is 1. The fourth-order valence-corrected chi connectivity index (χ4v) is 6.95. The summed E-state index contributed by atoms with van der Waals surface area (Å²) in [5, 5.41) is 0. The summed E-state index contributed by atoms with van der Waals surface area (Å²) in [5.74, 6) is -0.926. The van der Waals surface area contributed by atoms with E-state index in [9.17, 15) is 19.0 Å². The van der Waals surface area contributed by atoms with Crippen LogP contribution in [-0.4, -0.2) is 70.0 Å². The Hall–Kier alpha value is -3.85. The molecule has 0 aromatic carbocycles. The summed E-state index contributed by atoms with van der Waals surface area (Å²) < 4.78 is 34.0. The van der Waals surface area contributed by atoms with Gasteiger partial charge in [0.2, 0.25) is 0 Å². The molecule has 0 saturated carbocycles. The lowest BCUT2D eigenvalue weighted by Gasteiger charge is -2.28. The van der Waals surface area contributed by atoms with Gasteiger partial charge >= 0.3 is 11.9 Å². The van der Waals surface area contributed by atoms with Crippen LogP contribution in [0.4, 0.5) is 0 Å². The molecule has 0 bridgehead atoms. The first-order valence-corrected chi connectivity index (χ1v) is 27.4. The summed E-state index contributed by atoms with van der Waals surface area (Å²) >= 11 is 0. The summed E-state index contributed by atoms with van der Waals surface area (Å²) in [6.45, 7) is 3.90. The van der Waals surface area contributed by atoms with Crippen molar-refractivity contribution in [3.05, 3.63) is 134 Å². The van der Waals surface area contributed by atoms with Gasteiger partial charge in [0.15, 0.2) is 6.10 Å². The zero-order valence-corrected chi connectivity index (χ0v) is 44.1. The first-order chi connectivity index (χ1) is 33.0. The molecule has 10 heteroatoms. The lowest BCUT2D eigenvalue weighted by atomic mass is 10.1. The highest BCUT2D eigenvalue weighted by molar-refractivity contribution is 7.45. The van der Waals surface area contributed by atoms with Gasteiger partial charge in [-0.2, -0.15) is 0 Å². The van der Waals surface area contributed by atoms with Crippen molar-refractivity contribution in [2.75, 3.05) is 47.5 Å². The van der Waals surface area contributed by atoms with E-state index in [1.165, 1.54) is 25.7 Å². The quantitative estimate of drug-likeness (QED) is 0.0195. The predicted molar refractivity (Wildman–Crippen MR) is 286 cm³/mol. The fraction of sp³-hybridized carbons (Fsp3) is 0.586. The molecule has 2 atom stereocenters. The summed E-state index contributed by atoms with van der Waals surface area (Å²) in [5.41, 5.74) is 0. The van der Waals surface area contributed by atoms with Crippen LogP contribution in [-0.2, 0) is 32.7 Å². The number of nitrogens with zero attached hydrogens (tertiary/aromatic N) is 1. The van der Waals surface area contributed by atoms with Gasteiger partial charge in [0.25, 0.3) is 7.82 Å². The van der Waals surface area contributed by atoms with E-state index in [2.05, 4.69) is 141 Å². The average Bonchev–Trinajstić information content (AvgIpc) is 3.30. The lowest BCUT2D eigenvalue weighted by molar-refractivity contribution is -0.870. The monoisotopic (exact) mass is 964 g/mol. The summed E-state index contributed by atoms with van der Waals surface area (Å²) in [7, 11) is 1.10. The van der Waals surface area contributed by atoms with Crippen LogP contribution in [0.3, 0.4) is 0 Å². The number of unbranched alkanes of at least 4 members (excludes halogenated alkanes) is 9. The van der Waals surface area contributed by atoms with Crippen molar-refractivity contribution in [2.24, 2.45) is 0 Å². The topological polar surface area (TPSA) is 111 Å². The van der Waals surface area contributed by atoms with E-state index in [0.29, 0.717) is 30.3 Å². The molecule has 0 rings (SSSR count). The van der Waals surface area contributed by atoms with Gasteiger partial charge in [-0.15, -0.1) is 0 Å². The Labute approximate surface area is 415 Å². The van der Waals surface area contributed by atoms with E-state index in [-0.39, 0.29) is 26.1 Å². The number of hydrogen-bond donors (Lipinski definition) is 0. The van der Waals surface area contributed by atoms with Gasteiger partial charge in [0, 0.05) is 12.8 Å². The van der Waals surface area contributed by atoms with Gasteiger partial charge in [-0.05, 0) is 103 Å². The number of phosphoric acid groups is 1. The van der Waals surface area contributed by atoms with Crippen LogP contribution in [0.2, 0.25) is 0 Å². The molecule has 0 heterocycles. The molecular weight excluding hydrogens is 870 g/mol. The highest BCUT2D eigenvalue weighted by Crippen LogP contribution is 2.38. The molecule has 0 amide bonds. The number of ether oxygens (including phenoxy) is 2. The second-order valence-corrected chi connectivity index (χ2v) is 19.2. The highest BCUT2D eigenvalue weighted by Gasteiger charge is 2.21. The van der Waals surface area contributed by atoms with Crippen LogP contribution in [0.25, 0.3) is 0 Å². The predicted octanol–water partition coefficient (Wildman–Crippen LogP) is 15.2. The van der Waals surface area contributed by atoms with Crippen molar-refractivity contribution in [2.45, 2.75) is 174 Å². The van der Waals surface area contributed by atoms with Crippen molar-refractivity contribution in [3.63, 3.8) is 0 Å². The average molecular weight is 964 g/mol. The molecule has 9 nitrogen and oxygen atoms in total. The van der Waals surface area contributed by atoms with Crippen molar-refractivity contribution < 1.29 is 42.1 Å². The summed E-state index contributed by atoms with van der Waals surface area (Å²) in [6.07, 6.45) is 69.2. The second kappa shape index (κ2) is 48.2. The Morgan fingerprint density at radius 3 is 1.22 bits per heavy atom. The number of allylic oxidation sites excluding steroid dienone is 22. The molecule has 0 aromatic rings. The lowest BCUT2D eigenvalue weighted by Crippen LogP contribution is -2.37. The van der Waals surface area contributed by atoms with Gasteiger partial charge in [-0.1, -0.05) is 186 Å². The van der Waals surface area contributed by atoms with Crippen molar-refractivity contribution >= 4 is 19.8 Å². The Bertz CT molecular complexity index is 1610. The maximum atomic E-state index is 12.7. The van der Waals surface area contributed by atoms with Crippen LogP contribution < -0.4 is 4.89 Å². The number of rotatable bonds is 45. The number of carbonyl (C=O) groups excluding carboxylic acids is 2. The number of phosphoric ester groups is 1. The summed E-state index contributed by atoms with van der Waals surface area (Å²) in [6, 6.07) is 0. The smallest absolute Gasteiger partial charge is 0.306 e. The molecule has 0 N–H and O–H groups in total. The fourth-order valence-electron chi connectivity index (χ4n) is 6.22. The standard InChI is InChI=1S/C58H94NO8P/c1-6-8-10-12-14-16-18-20-22-24-26-28-29-31-33-35-37-39-41-43-45-47-49-51-58(61)67-56(55-66-68(62,63)65-53-52-59(3,4)5)54-64-57(60)50-48-46-44-42-40-38-36-34-32-30-27-25-23-21-19-17-15-13-11-9-7-2/h8-11,14-17,20-23,26-28,30-31,33,37,39,43,45,56H,6-7,12-13,18-19,24-25,29,32,34-36,38,40-42,44,46-55H2,1-5H3/b10-8-,11-9-,16-14-,17-15-,22-20-,23-21-,28-26-,30-27-,33-31-,39-37-,45-43-. The van der Waals surface area contributed by atoms with Gasteiger partial charge < -0.3 is 27.9 Å². The first-order valence-electron chi connectivity index (χ1n) is 25.9. The van der Waals surface area contributed by atoms with Gasteiger partial charge in [0.1, 0.15) is 19.8 Å². The van der Waals surface area contributed by atoms with Crippen molar-refractivity contribution in [3.8, 4) is 0 Å². The zero-order chi connectivity index (χ0) is 49.9. The SMILES string of the molecule is CC/C=C\C/C=C\C/C=C\C/C=C\C/C=C\C/C=C\C/C=C\CCCC(=O)OC(COC(=O)CCCCCCCCCC/C=C\C/C=C\C/C=C\C/C=C\CC)COP(=O)([O-])OCC[N+](C)(C)C. The number of hydrogen-bond acceptors (Lipinski definition) is 8. The normalized spacial score (nSPS) is 14.5. The van der Waals surface area contributed by atoms with E-state index in [4.69, 9.17) is 18.5 Å². The minimum atomic E-state index is -4.66. The highest BCUT2D eigenvalue weighted by atomic mass is 31.2. The van der Waals surface area contributed by atoms with E-state index in [0.717, 1.165) is 96.3 Å². The maximum absolute atomic E-state index is 12.7. The van der Waals surface area contributed by atoms with E-state index in [1.54, 1.807) is 0 Å². The van der Waals surface area contributed by atoms with E-state index in [1.807, 2.05) is 27.2 Å². The number of likely N-dealkylation sites (N-methyl/N-ethyl adjacent to an activating group) is 1. The molecule has 384 valence electrons. The second-order valence-electron chi connectivity index (χ2n) is 17.8. The molecule has 0 saturated heterocycles. The van der Waals surface area contributed by atoms with Crippen molar-refractivity contribution in [1.29, 1.82) is 0 Å². The Morgan fingerprint density at radius 2 is 0.809 bits per heavy atom. The maximum Gasteiger partial charge on any atom is 0.306 e. The molecule has 0 radical (unpaired) electrons. The van der Waals surface area contributed by atoms with Crippen LogP contribution in [0.5, 0.6) is 0 Å². The molecule has 0 fully saturated rings. The van der Waals surface area contributed by atoms with E-state index >= 15 is 0 Å². The molecule has 0 aliphatic heterocycles. The van der Waals surface area contributed by atoms with Crippen LogP contribution in [0.15, 0.2) is 134 Å². The largest absolute Gasteiger partial charge is 0.756 e. The molecule has 0 aliphatic rings. The van der Waals surface area contributed by atoms with Gasteiger partial charge in [0.05, 0.1) is 27.7 Å². The Balaban J connectivity index is 4.41.